The second kappa shape index (κ2) is 16.6. The largest absolute Gasteiger partial charge is 0.481 e. The second-order valence-electron chi connectivity index (χ2n) is 8.84. The van der Waals surface area contributed by atoms with Crippen LogP contribution < -0.4 is 21.7 Å². The zero-order valence-corrected chi connectivity index (χ0v) is 22.3. The fourth-order valence-corrected chi connectivity index (χ4v) is 3.95. The number of rotatable bonds is 17. The Balaban J connectivity index is 3.12. The summed E-state index contributed by atoms with van der Waals surface area (Å²) < 4.78 is 0. The average molecular weight is 539 g/mol. The molecule has 5 atom stereocenters. The van der Waals surface area contributed by atoms with E-state index in [9.17, 15) is 29.1 Å². The van der Waals surface area contributed by atoms with Crippen LogP contribution in [0.2, 0.25) is 0 Å². The number of amides is 3. The molecule has 1 aromatic carbocycles. The quantitative estimate of drug-likeness (QED) is 0.166. The first-order chi connectivity index (χ1) is 17.5. The van der Waals surface area contributed by atoms with Crippen molar-refractivity contribution in [3.8, 4) is 0 Å². The lowest BCUT2D eigenvalue weighted by Gasteiger charge is -2.28. The third-order valence-electron chi connectivity index (χ3n) is 5.94. The highest BCUT2D eigenvalue weighted by Gasteiger charge is 2.32. The lowest BCUT2D eigenvalue weighted by molar-refractivity contribution is -0.143. The van der Waals surface area contributed by atoms with Crippen LogP contribution in [0, 0.1) is 5.92 Å². The number of carboxylic acid groups (broad SMARTS) is 2. The number of carbonyl (C=O) groups is 5. The molecule has 11 nitrogen and oxygen atoms in total. The van der Waals surface area contributed by atoms with Gasteiger partial charge in [0.1, 0.15) is 18.1 Å². The van der Waals surface area contributed by atoms with Gasteiger partial charge in [-0.2, -0.15) is 11.8 Å². The van der Waals surface area contributed by atoms with Gasteiger partial charge in [-0.05, 0) is 36.3 Å². The highest BCUT2D eigenvalue weighted by Crippen LogP contribution is 2.11. The summed E-state index contributed by atoms with van der Waals surface area (Å²) in [5.74, 6) is -4.03. The molecule has 0 saturated carbocycles. The molecule has 0 aliphatic carbocycles. The minimum atomic E-state index is -1.45. The van der Waals surface area contributed by atoms with E-state index in [4.69, 9.17) is 10.8 Å². The molecule has 0 aliphatic heterocycles. The number of aliphatic carboxylic acids is 2. The molecule has 0 fully saturated rings. The van der Waals surface area contributed by atoms with Crippen molar-refractivity contribution in [2.24, 2.45) is 11.7 Å². The van der Waals surface area contributed by atoms with Crippen LogP contribution >= 0.6 is 11.8 Å². The SMILES string of the molecule is CCC(C)C(NC(=O)C(N)CCSC)C(=O)NC(Cc1ccccc1)C(=O)NC(CCC(=O)O)C(=O)O. The Morgan fingerprint density at radius 1 is 0.919 bits per heavy atom. The van der Waals surface area contributed by atoms with E-state index >= 15 is 0 Å². The number of carbonyl (C=O) groups excluding carboxylic acids is 3. The van der Waals surface area contributed by atoms with Crippen molar-refractivity contribution in [2.45, 2.75) is 70.1 Å². The van der Waals surface area contributed by atoms with Gasteiger partial charge in [-0.25, -0.2) is 4.79 Å². The van der Waals surface area contributed by atoms with Crippen molar-refractivity contribution in [1.29, 1.82) is 0 Å². The lowest BCUT2D eigenvalue weighted by atomic mass is 9.96. The Labute approximate surface area is 221 Å². The first-order valence-electron chi connectivity index (χ1n) is 12.1. The van der Waals surface area contributed by atoms with E-state index in [0.29, 0.717) is 24.2 Å². The molecule has 0 aliphatic rings. The number of nitrogens with one attached hydrogen (secondary N) is 3. The summed E-state index contributed by atoms with van der Waals surface area (Å²) in [4.78, 5) is 61.5. The van der Waals surface area contributed by atoms with Crippen molar-refractivity contribution < 1.29 is 34.2 Å². The third-order valence-corrected chi connectivity index (χ3v) is 6.58. The fourth-order valence-electron chi connectivity index (χ4n) is 3.46. The fraction of sp³-hybridized carbons (Fsp3) is 0.560. The van der Waals surface area contributed by atoms with E-state index in [2.05, 4.69) is 16.0 Å². The van der Waals surface area contributed by atoms with Crippen molar-refractivity contribution in [2.75, 3.05) is 12.0 Å². The van der Waals surface area contributed by atoms with Crippen molar-refractivity contribution in [3.05, 3.63) is 35.9 Å². The molecule has 0 aromatic heterocycles. The number of thioether (sulfide) groups is 1. The summed E-state index contributed by atoms with van der Waals surface area (Å²) in [6.07, 6.45) is 2.18. The van der Waals surface area contributed by atoms with Gasteiger partial charge in [-0.1, -0.05) is 50.6 Å². The van der Waals surface area contributed by atoms with E-state index in [1.807, 2.05) is 13.2 Å². The van der Waals surface area contributed by atoms with Gasteiger partial charge < -0.3 is 31.9 Å². The molecule has 3 amide bonds. The standard InChI is InChI=1S/C25H38N4O7S/c1-4-15(2)21(29-22(32)17(26)12-13-37-3)24(34)28-19(14-16-8-6-5-7-9-16)23(33)27-18(25(35)36)10-11-20(30)31/h5-9,15,17-19,21H,4,10-14,26H2,1-3H3,(H,27,33)(H,28,34)(H,29,32)(H,30,31)(H,35,36). The van der Waals surface area contributed by atoms with Crippen molar-refractivity contribution in [1.82, 2.24) is 16.0 Å². The van der Waals surface area contributed by atoms with Crippen LogP contribution in [0.5, 0.6) is 0 Å². The van der Waals surface area contributed by atoms with Gasteiger partial charge in [-0.15, -0.1) is 0 Å². The van der Waals surface area contributed by atoms with Gasteiger partial charge in [0.2, 0.25) is 17.7 Å². The van der Waals surface area contributed by atoms with Crippen LogP contribution in [0.25, 0.3) is 0 Å². The van der Waals surface area contributed by atoms with Crippen LogP contribution in [0.4, 0.5) is 0 Å². The Hall–Kier alpha value is -3.12. The molecule has 5 unspecified atom stereocenters. The number of nitrogens with two attached hydrogens (primary N) is 1. The molecule has 0 saturated heterocycles. The molecular weight excluding hydrogens is 500 g/mol. The van der Waals surface area contributed by atoms with Crippen LogP contribution in [-0.4, -0.2) is 76.0 Å². The Morgan fingerprint density at radius 3 is 2.08 bits per heavy atom. The second-order valence-corrected chi connectivity index (χ2v) is 9.83. The third kappa shape index (κ3) is 11.6. The molecule has 0 radical (unpaired) electrons. The monoisotopic (exact) mass is 538 g/mol. The highest BCUT2D eigenvalue weighted by atomic mass is 32.2. The molecule has 0 bridgehead atoms. The van der Waals surface area contributed by atoms with Crippen molar-refractivity contribution >= 4 is 41.4 Å². The minimum Gasteiger partial charge on any atom is -0.481 e. The molecule has 206 valence electrons. The zero-order chi connectivity index (χ0) is 28.0. The molecular formula is C25H38N4O7S. The molecule has 0 spiro atoms. The Bertz CT molecular complexity index is 916. The molecule has 0 heterocycles. The van der Waals surface area contributed by atoms with Crippen LogP contribution in [0.3, 0.4) is 0 Å². The summed E-state index contributed by atoms with van der Waals surface area (Å²) in [5, 5.41) is 26.0. The van der Waals surface area contributed by atoms with E-state index in [0.717, 1.165) is 0 Å². The predicted molar refractivity (Wildman–Crippen MR) is 141 cm³/mol. The molecule has 12 heteroatoms. The topological polar surface area (TPSA) is 188 Å². The summed E-state index contributed by atoms with van der Waals surface area (Å²) in [7, 11) is 0. The maximum absolute atomic E-state index is 13.3. The van der Waals surface area contributed by atoms with Crippen molar-refractivity contribution in [3.63, 3.8) is 0 Å². The first-order valence-corrected chi connectivity index (χ1v) is 13.5. The van der Waals surface area contributed by atoms with Gasteiger partial charge in [0.25, 0.3) is 0 Å². The zero-order valence-electron chi connectivity index (χ0n) is 21.4. The summed E-state index contributed by atoms with van der Waals surface area (Å²) in [5.41, 5.74) is 6.67. The van der Waals surface area contributed by atoms with Gasteiger partial charge in [-0.3, -0.25) is 19.2 Å². The summed E-state index contributed by atoms with van der Waals surface area (Å²) >= 11 is 1.55. The maximum Gasteiger partial charge on any atom is 0.326 e. The predicted octanol–water partition coefficient (Wildman–Crippen LogP) is 0.759. The lowest BCUT2D eigenvalue weighted by Crippen LogP contribution is -2.59. The highest BCUT2D eigenvalue weighted by molar-refractivity contribution is 7.98. The number of carboxylic acids is 2. The van der Waals surface area contributed by atoms with E-state index in [1.165, 1.54) is 0 Å². The number of benzene rings is 1. The van der Waals surface area contributed by atoms with E-state index in [-0.39, 0.29) is 18.8 Å². The maximum atomic E-state index is 13.3. The Kier molecular flexibility index (Phi) is 14.3. The number of hydrogen-bond donors (Lipinski definition) is 6. The Morgan fingerprint density at radius 2 is 1.54 bits per heavy atom. The summed E-state index contributed by atoms with van der Waals surface area (Å²) in [6, 6.07) is 4.45. The van der Waals surface area contributed by atoms with E-state index in [1.54, 1.807) is 49.0 Å². The normalized spacial score (nSPS) is 14.9. The van der Waals surface area contributed by atoms with Crippen LogP contribution in [0.1, 0.15) is 45.1 Å². The van der Waals surface area contributed by atoms with Gasteiger partial charge in [0.05, 0.1) is 6.04 Å². The number of hydrogen-bond acceptors (Lipinski definition) is 7. The van der Waals surface area contributed by atoms with Gasteiger partial charge in [0, 0.05) is 12.8 Å². The van der Waals surface area contributed by atoms with Gasteiger partial charge in [0.15, 0.2) is 0 Å². The average Bonchev–Trinajstić information content (AvgIpc) is 2.87. The summed E-state index contributed by atoms with van der Waals surface area (Å²) in [6.45, 7) is 3.65. The molecule has 7 N–H and O–H groups in total. The smallest absolute Gasteiger partial charge is 0.326 e. The van der Waals surface area contributed by atoms with Crippen LogP contribution in [0.15, 0.2) is 30.3 Å². The van der Waals surface area contributed by atoms with E-state index < -0.39 is 60.2 Å². The van der Waals surface area contributed by atoms with Gasteiger partial charge >= 0.3 is 11.9 Å². The molecule has 1 aromatic rings. The molecule has 37 heavy (non-hydrogen) atoms. The van der Waals surface area contributed by atoms with Crippen LogP contribution in [-0.2, 0) is 30.4 Å². The molecule has 1 rings (SSSR count). The first kappa shape index (κ1) is 31.9. The minimum absolute atomic E-state index is 0.0537.